The summed E-state index contributed by atoms with van der Waals surface area (Å²) in [5.41, 5.74) is 0. The molecule has 74 valence electrons. The van der Waals surface area contributed by atoms with Crippen molar-refractivity contribution in [1.29, 1.82) is 0 Å². The first kappa shape index (κ1) is 10.7. The second-order valence-corrected chi connectivity index (χ2v) is 3.87. The monoisotopic (exact) mass is 209 g/mol. The quantitative estimate of drug-likeness (QED) is 0.564. The summed E-state index contributed by atoms with van der Waals surface area (Å²) in [6, 6.07) is 0. The molecule has 1 aromatic rings. The van der Waals surface area contributed by atoms with Crippen LogP contribution in [0.1, 0.15) is 4.88 Å². The van der Waals surface area contributed by atoms with E-state index in [1.165, 1.54) is 11.3 Å². The standard InChI is InChI=1S/C9H11N3OS/c1-3-4-10-6-8(13)12-9-11-5-7(2)14-9/h1,5,10H,4,6H2,2H3,(H,11,12,13). The number of anilines is 1. The number of terminal acetylenes is 1. The average molecular weight is 209 g/mol. The topological polar surface area (TPSA) is 54.0 Å². The molecule has 0 aromatic carbocycles. The highest BCUT2D eigenvalue weighted by molar-refractivity contribution is 7.15. The molecule has 14 heavy (non-hydrogen) atoms. The van der Waals surface area contributed by atoms with E-state index in [2.05, 4.69) is 21.5 Å². The van der Waals surface area contributed by atoms with Crippen LogP contribution in [0.25, 0.3) is 0 Å². The van der Waals surface area contributed by atoms with Crippen LogP contribution in [0.3, 0.4) is 0 Å². The van der Waals surface area contributed by atoms with Gasteiger partial charge in [0.1, 0.15) is 0 Å². The number of nitrogens with zero attached hydrogens (tertiary/aromatic N) is 1. The van der Waals surface area contributed by atoms with Crippen LogP contribution in [0.5, 0.6) is 0 Å². The van der Waals surface area contributed by atoms with Crippen LogP contribution in [-0.2, 0) is 4.79 Å². The zero-order valence-corrected chi connectivity index (χ0v) is 8.65. The molecular formula is C9H11N3OS. The first-order valence-corrected chi connectivity index (χ1v) is 4.90. The van der Waals surface area contributed by atoms with Crippen LogP contribution in [0.4, 0.5) is 5.13 Å². The van der Waals surface area contributed by atoms with Gasteiger partial charge in [-0.15, -0.1) is 17.8 Å². The highest BCUT2D eigenvalue weighted by Gasteiger charge is 2.03. The maximum atomic E-state index is 11.2. The lowest BCUT2D eigenvalue weighted by molar-refractivity contribution is -0.115. The Morgan fingerprint density at radius 1 is 1.79 bits per heavy atom. The maximum Gasteiger partial charge on any atom is 0.240 e. The number of hydrogen-bond acceptors (Lipinski definition) is 4. The second kappa shape index (κ2) is 5.37. The van der Waals surface area contributed by atoms with Crippen molar-refractivity contribution in [3.8, 4) is 12.3 Å². The Labute approximate surface area is 86.7 Å². The van der Waals surface area contributed by atoms with Crippen LogP contribution < -0.4 is 10.6 Å². The Balaban J connectivity index is 2.31. The number of aryl methyl sites for hydroxylation is 1. The summed E-state index contributed by atoms with van der Waals surface area (Å²) in [7, 11) is 0. The minimum Gasteiger partial charge on any atom is -0.301 e. The Morgan fingerprint density at radius 2 is 2.57 bits per heavy atom. The summed E-state index contributed by atoms with van der Waals surface area (Å²) in [5.74, 6) is 2.26. The fourth-order valence-electron chi connectivity index (χ4n) is 0.824. The van der Waals surface area contributed by atoms with Gasteiger partial charge in [-0.05, 0) is 6.92 Å². The van der Waals surface area contributed by atoms with Gasteiger partial charge in [0.25, 0.3) is 0 Å². The molecule has 0 unspecified atom stereocenters. The average Bonchev–Trinajstić information content (AvgIpc) is 2.52. The van der Waals surface area contributed by atoms with Gasteiger partial charge in [-0.3, -0.25) is 10.1 Å². The molecular weight excluding hydrogens is 198 g/mol. The Morgan fingerprint density at radius 3 is 3.14 bits per heavy atom. The van der Waals surface area contributed by atoms with Gasteiger partial charge in [0, 0.05) is 11.1 Å². The molecule has 0 saturated heterocycles. The van der Waals surface area contributed by atoms with Gasteiger partial charge in [0.2, 0.25) is 5.91 Å². The molecule has 0 atom stereocenters. The van der Waals surface area contributed by atoms with Gasteiger partial charge in [-0.2, -0.15) is 0 Å². The SMILES string of the molecule is C#CCNCC(=O)Nc1ncc(C)s1. The number of aromatic nitrogens is 1. The van der Waals surface area contributed by atoms with Crippen molar-refractivity contribution in [3.05, 3.63) is 11.1 Å². The molecule has 2 N–H and O–H groups in total. The van der Waals surface area contributed by atoms with Gasteiger partial charge >= 0.3 is 0 Å². The van der Waals surface area contributed by atoms with Gasteiger partial charge in [-0.1, -0.05) is 5.92 Å². The molecule has 0 saturated carbocycles. The van der Waals surface area contributed by atoms with Crippen LogP contribution in [0, 0.1) is 19.3 Å². The molecule has 0 bridgehead atoms. The highest BCUT2D eigenvalue weighted by atomic mass is 32.1. The highest BCUT2D eigenvalue weighted by Crippen LogP contribution is 2.15. The third-order valence-corrected chi connectivity index (χ3v) is 2.21. The fraction of sp³-hybridized carbons (Fsp3) is 0.333. The molecule has 0 radical (unpaired) electrons. The van der Waals surface area contributed by atoms with E-state index in [1.54, 1.807) is 6.20 Å². The van der Waals surface area contributed by atoms with E-state index in [0.29, 0.717) is 11.7 Å². The molecule has 1 amide bonds. The van der Waals surface area contributed by atoms with Crippen molar-refractivity contribution >= 4 is 22.4 Å². The molecule has 0 fully saturated rings. The van der Waals surface area contributed by atoms with Crippen molar-refractivity contribution in [2.24, 2.45) is 0 Å². The zero-order chi connectivity index (χ0) is 10.4. The summed E-state index contributed by atoms with van der Waals surface area (Å²) >= 11 is 1.44. The van der Waals surface area contributed by atoms with Crippen LogP contribution in [0.2, 0.25) is 0 Å². The van der Waals surface area contributed by atoms with Gasteiger partial charge in [0.15, 0.2) is 5.13 Å². The fourth-order valence-corrected chi connectivity index (χ4v) is 1.50. The molecule has 0 spiro atoms. The molecule has 0 aliphatic carbocycles. The number of nitrogens with one attached hydrogen (secondary N) is 2. The molecule has 4 nitrogen and oxygen atoms in total. The Hall–Kier alpha value is -1.38. The molecule has 1 aromatic heterocycles. The van der Waals surface area contributed by atoms with Crippen molar-refractivity contribution in [2.45, 2.75) is 6.92 Å². The number of rotatable bonds is 4. The van der Waals surface area contributed by atoms with Gasteiger partial charge in [0.05, 0.1) is 13.1 Å². The Kier molecular flexibility index (Phi) is 4.11. The lowest BCUT2D eigenvalue weighted by atomic mass is 10.5. The number of hydrogen-bond donors (Lipinski definition) is 2. The second-order valence-electron chi connectivity index (χ2n) is 2.63. The minimum atomic E-state index is -0.130. The van der Waals surface area contributed by atoms with E-state index < -0.39 is 0 Å². The van der Waals surface area contributed by atoms with Crippen molar-refractivity contribution < 1.29 is 4.79 Å². The predicted octanol–water partition coefficient (Wildman–Crippen LogP) is 0.613. The van der Waals surface area contributed by atoms with E-state index in [4.69, 9.17) is 6.42 Å². The zero-order valence-electron chi connectivity index (χ0n) is 7.83. The summed E-state index contributed by atoms with van der Waals surface area (Å²) in [6.45, 7) is 2.54. The van der Waals surface area contributed by atoms with E-state index >= 15 is 0 Å². The third kappa shape index (κ3) is 3.56. The van der Waals surface area contributed by atoms with E-state index in [-0.39, 0.29) is 12.5 Å². The number of carbonyl (C=O) groups is 1. The first-order valence-electron chi connectivity index (χ1n) is 4.09. The van der Waals surface area contributed by atoms with Gasteiger partial charge in [-0.25, -0.2) is 4.98 Å². The summed E-state index contributed by atoms with van der Waals surface area (Å²) in [6.07, 6.45) is 6.73. The summed E-state index contributed by atoms with van der Waals surface area (Å²) in [5, 5.41) is 6.07. The largest absolute Gasteiger partial charge is 0.301 e. The minimum absolute atomic E-state index is 0.130. The molecule has 5 heteroatoms. The number of thiazole rings is 1. The first-order chi connectivity index (χ1) is 6.72. The van der Waals surface area contributed by atoms with E-state index in [9.17, 15) is 4.79 Å². The molecule has 1 heterocycles. The molecule has 1 rings (SSSR count). The number of amides is 1. The van der Waals surface area contributed by atoms with E-state index in [1.807, 2.05) is 6.92 Å². The summed E-state index contributed by atoms with van der Waals surface area (Å²) < 4.78 is 0. The predicted molar refractivity (Wildman–Crippen MR) is 57.2 cm³/mol. The summed E-state index contributed by atoms with van der Waals surface area (Å²) in [4.78, 5) is 16.3. The smallest absolute Gasteiger partial charge is 0.240 e. The van der Waals surface area contributed by atoms with Crippen LogP contribution in [0.15, 0.2) is 6.20 Å². The van der Waals surface area contributed by atoms with Crippen molar-refractivity contribution in [3.63, 3.8) is 0 Å². The van der Waals surface area contributed by atoms with Crippen molar-refractivity contribution in [1.82, 2.24) is 10.3 Å². The third-order valence-electron chi connectivity index (χ3n) is 1.38. The number of carbonyl (C=O) groups excluding carboxylic acids is 1. The maximum absolute atomic E-state index is 11.2. The normalized spacial score (nSPS) is 9.43. The van der Waals surface area contributed by atoms with Crippen molar-refractivity contribution in [2.75, 3.05) is 18.4 Å². The lowest BCUT2D eigenvalue weighted by Crippen LogP contribution is -2.28. The Bertz CT molecular complexity index is 353. The van der Waals surface area contributed by atoms with E-state index in [0.717, 1.165) is 4.88 Å². The van der Waals surface area contributed by atoms with Crippen LogP contribution >= 0.6 is 11.3 Å². The molecule has 0 aliphatic heterocycles. The van der Waals surface area contributed by atoms with Gasteiger partial charge < -0.3 is 5.32 Å². The lowest BCUT2D eigenvalue weighted by Gasteiger charge is -2.00. The van der Waals surface area contributed by atoms with Crippen LogP contribution in [-0.4, -0.2) is 24.0 Å². The molecule has 0 aliphatic rings.